The Kier molecular flexibility index (Phi) is 6.96. The summed E-state index contributed by atoms with van der Waals surface area (Å²) in [6, 6.07) is 1.28. The molecule has 0 saturated carbocycles. The SMILES string of the molecule is CCOC(=O)Cn1cc(Nc2ncc(OCc3c(F)c(C)cc(OC)c3F)cn2)cn1. The molecule has 0 aliphatic carbocycles. The maximum Gasteiger partial charge on any atom is 0.327 e. The van der Waals surface area contributed by atoms with Gasteiger partial charge in [0.15, 0.2) is 17.3 Å². The first kappa shape index (κ1) is 21.9. The minimum atomic E-state index is -0.815. The zero-order chi connectivity index (χ0) is 22.4. The third kappa shape index (κ3) is 5.44. The Bertz CT molecular complexity index is 1060. The lowest BCUT2D eigenvalue weighted by Gasteiger charge is -2.12. The predicted molar refractivity (Wildman–Crippen MR) is 106 cm³/mol. The highest BCUT2D eigenvalue weighted by atomic mass is 19.1. The first-order chi connectivity index (χ1) is 14.9. The number of hydrogen-bond acceptors (Lipinski definition) is 8. The quantitative estimate of drug-likeness (QED) is 0.514. The number of anilines is 2. The van der Waals surface area contributed by atoms with Crippen molar-refractivity contribution in [2.45, 2.75) is 27.0 Å². The van der Waals surface area contributed by atoms with E-state index in [1.807, 2.05) is 0 Å². The molecule has 0 fully saturated rings. The number of benzene rings is 1. The number of halogens is 2. The number of aryl methyl sites for hydroxylation is 1. The molecule has 2 aromatic heterocycles. The Morgan fingerprint density at radius 1 is 1.19 bits per heavy atom. The van der Waals surface area contributed by atoms with Crippen LogP contribution in [0.15, 0.2) is 30.9 Å². The van der Waals surface area contributed by atoms with Gasteiger partial charge >= 0.3 is 5.97 Å². The summed E-state index contributed by atoms with van der Waals surface area (Å²) in [5, 5.41) is 6.97. The number of aromatic nitrogens is 4. The van der Waals surface area contributed by atoms with Gasteiger partial charge in [0.05, 0.1) is 43.6 Å². The van der Waals surface area contributed by atoms with E-state index < -0.39 is 17.6 Å². The fourth-order valence-electron chi connectivity index (χ4n) is 2.68. The Labute approximate surface area is 177 Å². The lowest BCUT2D eigenvalue weighted by Crippen LogP contribution is -2.13. The zero-order valence-electron chi connectivity index (χ0n) is 17.2. The third-order valence-electron chi connectivity index (χ3n) is 4.16. The molecule has 3 rings (SSSR count). The maximum atomic E-state index is 14.3. The van der Waals surface area contributed by atoms with Crippen LogP contribution in [0, 0.1) is 18.6 Å². The summed E-state index contributed by atoms with van der Waals surface area (Å²) in [7, 11) is 1.31. The van der Waals surface area contributed by atoms with Gasteiger partial charge in [-0.15, -0.1) is 0 Å². The van der Waals surface area contributed by atoms with Gasteiger partial charge in [0, 0.05) is 6.20 Å². The molecule has 0 saturated heterocycles. The number of esters is 1. The predicted octanol–water partition coefficient (Wildman–Crippen LogP) is 3.15. The van der Waals surface area contributed by atoms with E-state index in [0.29, 0.717) is 12.3 Å². The van der Waals surface area contributed by atoms with E-state index in [-0.39, 0.29) is 41.7 Å². The van der Waals surface area contributed by atoms with Crippen molar-refractivity contribution < 1.29 is 27.8 Å². The van der Waals surface area contributed by atoms with Gasteiger partial charge in [0.25, 0.3) is 0 Å². The van der Waals surface area contributed by atoms with Crippen molar-refractivity contribution >= 4 is 17.6 Å². The van der Waals surface area contributed by atoms with Gasteiger partial charge in [0.2, 0.25) is 5.95 Å². The van der Waals surface area contributed by atoms with Gasteiger partial charge in [-0.3, -0.25) is 9.48 Å². The number of nitrogens with zero attached hydrogens (tertiary/aromatic N) is 4. The number of methoxy groups -OCH3 is 1. The van der Waals surface area contributed by atoms with Gasteiger partial charge in [-0.2, -0.15) is 5.10 Å². The molecule has 2 heterocycles. The summed E-state index contributed by atoms with van der Waals surface area (Å²) in [4.78, 5) is 19.7. The summed E-state index contributed by atoms with van der Waals surface area (Å²) in [6.07, 6.45) is 5.83. The van der Waals surface area contributed by atoms with Crippen LogP contribution in [0.1, 0.15) is 18.1 Å². The van der Waals surface area contributed by atoms with Crippen molar-refractivity contribution in [2.24, 2.45) is 0 Å². The number of carbonyl (C=O) groups excluding carboxylic acids is 1. The van der Waals surface area contributed by atoms with Gasteiger partial charge in [-0.25, -0.2) is 18.7 Å². The normalized spacial score (nSPS) is 10.6. The maximum absolute atomic E-state index is 14.3. The Hall–Kier alpha value is -3.76. The van der Waals surface area contributed by atoms with E-state index >= 15 is 0 Å². The van der Waals surface area contributed by atoms with Crippen LogP contribution < -0.4 is 14.8 Å². The summed E-state index contributed by atoms with van der Waals surface area (Å²) in [5.74, 6) is -1.49. The molecule has 11 heteroatoms. The molecule has 1 aromatic carbocycles. The summed E-state index contributed by atoms with van der Waals surface area (Å²) >= 11 is 0. The Balaban J connectivity index is 1.61. The van der Waals surface area contributed by atoms with Crippen LogP contribution in [0.5, 0.6) is 11.5 Å². The molecular weight excluding hydrogens is 412 g/mol. The van der Waals surface area contributed by atoms with Crippen LogP contribution in [0.4, 0.5) is 20.4 Å². The topological polar surface area (TPSA) is 100 Å². The lowest BCUT2D eigenvalue weighted by atomic mass is 10.1. The van der Waals surface area contributed by atoms with Gasteiger partial charge in [0.1, 0.15) is 19.0 Å². The molecule has 0 radical (unpaired) electrons. The van der Waals surface area contributed by atoms with Crippen LogP contribution in [-0.4, -0.2) is 39.4 Å². The molecule has 0 unspecified atom stereocenters. The number of nitrogens with one attached hydrogen (secondary N) is 1. The zero-order valence-corrected chi connectivity index (χ0v) is 17.2. The van der Waals surface area contributed by atoms with Crippen LogP contribution >= 0.6 is 0 Å². The van der Waals surface area contributed by atoms with Gasteiger partial charge < -0.3 is 19.5 Å². The van der Waals surface area contributed by atoms with Crippen molar-refractivity contribution in [3.05, 3.63) is 53.6 Å². The number of rotatable bonds is 9. The second kappa shape index (κ2) is 9.83. The van der Waals surface area contributed by atoms with Crippen LogP contribution in [-0.2, 0) is 22.7 Å². The molecule has 0 aliphatic heterocycles. The summed E-state index contributed by atoms with van der Waals surface area (Å²) in [6.45, 7) is 3.17. The van der Waals surface area contributed by atoms with Crippen LogP contribution in [0.2, 0.25) is 0 Å². The van der Waals surface area contributed by atoms with Crippen LogP contribution in [0.25, 0.3) is 0 Å². The van der Waals surface area contributed by atoms with Crippen molar-refractivity contribution in [2.75, 3.05) is 19.0 Å². The molecule has 164 valence electrons. The van der Waals surface area contributed by atoms with E-state index in [0.717, 1.165) is 0 Å². The fraction of sp³-hybridized carbons (Fsp3) is 0.300. The summed E-state index contributed by atoms with van der Waals surface area (Å²) in [5.41, 5.74) is 0.568. The number of ether oxygens (including phenoxy) is 3. The standard InChI is InChI=1S/C20H21F2N5O4/c1-4-30-17(28)10-27-9-13(6-25-27)26-20-23-7-14(8-24-20)31-11-15-18(21)12(2)5-16(29-3)19(15)22/h5-9H,4,10-11H2,1-3H3,(H,23,24,26). The minimum Gasteiger partial charge on any atom is -0.494 e. The van der Waals surface area contributed by atoms with Crippen molar-refractivity contribution in [1.29, 1.82) is 0 Å². The molecule has 0 spiro atoms. The molecule has 0 atom stereocenters. The van der Waals surface area contributed by atoms with Gasteiger partial charge in [-0.05, 0) is 25.5 Å². The monoisotopic (exact) mass is 433 g/mol. The van der Waals surface area contributed by atoms with Crippen molar-refractivity contribution in [1.82, 2.24) is 19.7 Å². The lowest BCUT2D eigenvalue weighted by molar-refractivity contribution is -0.144. The van der Waals surface area contributed by atoms with Crippen molar-refractivity contribution in [3.8, 4) is 11.5 Å². The molecule has 1 N–H and O–H groups in total. The largest absolute Gasteiger partial charge is 0.494 e. The van der Waals surface area contributed by atoms with Crippen molar-refractivity contribution in [3.63, 3.8) is 0 Å². The molecule has 31 heavy (non-hydrogen) atoms. The molecular formula is C20H21F2N5O4. The Morgan fingerprint density at radius 2 is 1.94 bits per heavy atom. The highest BCUT2D eigenvalue weighted by Gasteiger charge is 2.18. The summed E-state index contributed by atoms with van der Waals surface area (Å²) < 4.78 is 45.2. The third-order valence-corrected chi connectivity index (χ3v) is 4.16. The minimum absolute atomic E-state index is 0.0139. The number of hydrogen-bond donors (Lipinski definition) is 1. The molecule has 0 aliphatic rings. The average molecular weight is 433 g/mol. The Morgan fingerprint density at radius 3 is 2.61 bits per heavy atom. The van der Waals surface area contributed by atoms with Gasteiger partial charge in [-0.1, -0.05) is 0 Å². The van der Waals surface area contributed by atoms with E-state index in [1.54, 1.807) is 13.1 Å². The second-order valence-electron chi connectivity index (χ2n) is 6.39. The highest BCUT2D eigenvalue weighted by Crippen LogP contribution is 2.27. The average Bonchev–Trinajstić information content (AvgIpc) is 3.18. The van der Waals surface area contributed by atoms with E-state index in [4.69, 9.17) is 14.2 Å². The molecule has 9 nitrogen and oxygen atoms in total. The van der Waals surface area contributed by atoms with E-state index in [1.165, 1.54) is 43.4 Å². The van der Waals surface area contributed by atoms with E-state index in [9.17, 15) is 13.6 Å². The number of carbonyl (C=O) groups is 1. The first-order valence-corrected chi connectivity index (χ1v) is 9.32. The molecule has 3 aromatic rings. The molecule has 0 amide bonds. The first-order valence-electron chi connectivity index (χ1n) is 9.32. The van der Waals surface area contributed by atoms with Crippen LogP contribution in [0.3, 0.4) is 0 Å². The fourth-order valence-corrected chi connectivity index (χ4v) is 2.68. The van der Waals surface area contributed by atoms with E-state index in [2.05, 4.69) is 20.4 Å². The second-order valence-corrected chi connectivity index (χ2v) is 6.39. The smallest absolute Gasteiger partial charge is 0.327 e. The molecule has 0 bridgehead atoms. The highest BCUT2D eigenvalue weighted by molar-refractivity contribution is 5.69.